The van der Waals surface area contributed by atoms with Crippen molar-refractivity contribution in [3.63, 3.8) is 0 Å². The van der Waals surface area contributed by atoms with Crippen LogP contribution >= 0.6 is 0 Å². The molecule has 0 N–H and O–H groups in total. The summed E-state index contributed by atoms with van der Waals surface area (Å²) >= 11 is 0. The molecule has 0 heteroatoms. The maximum atomic E-state index is 3.52. The Morgan fingerprint density at radius 3 is 1.78 bits per heavy atom. The first kappa shape index (κ1) is 11.1. The van der Waals surface area contributed by atoms with E-state index in [2.05, 4.69) is 72.5 Å². The Kier molecular flexibility index (Phi) is 2.90. The van der Waals surface area contributed by atoms with Gasteiger partial charge < -0.3 is 0 Å². The molecule has 88 valence electrons. The monoisotopic (exact) mass is 232 g/mol. The largest absolute Gasteiger partial charge is 0.102 e. The summed E-state index contributed by atoms with van der Waals surface area (Å²) < 4.78 is 0. The van der Waals surface area contributed by atoms with E-state index in [4.69, 9.17) is 0 Å². The molecule has 0 saturated carbocycles. The van der Waals surface area contributed by atoms with E-state index in [1.165, 1.54) is 17.5 Å². The molecule has 1 aliphatic carbocycles. The maximum Gasteiger partial charge on any atom is 0.0812 e. The minimum absolute atomic E-state index is 0.0965. The van der Waals surface area contributed by atoms with Gasteiger partial charge >= 0.3 is 0 Å². The molecule has 0 aromatic heterocycles. The molecular formula is C18H16. The number of hydrogen-bond donors (Lipinski definition) is 0. The normalized spacial score (nSPS) is 16.7. The molecule has 1 aliphatic rings. The first-order chi connectivity index (χ1) is 8.92. The Morgan fingerprint density at radius 2 is 1.33 bits per heavy atom. The fourth-order valence-electron chi connectivity index (χ4n) is 2.76. The summed E-state index contributed by atoms with van der Waals surface area (Å²) in [6, 6.07) is 21.4. The smallest absolute Gasteiger partial charge is 0.0812 e. The van der Waals surface area contributed by atoms with Crippen molar-refractivity contribution in [2.75, 3.05) is 0 Å². The summed E-state index contributed by atoms with van der Waals surface area (Å²) in [4.78, 5) is 0. The van der Waals surface area contributed by atoms with Crippen LogP contribution in [0.2, 0.25) is 0 Å². The zero-order valence-electron chi connectivity index (χ0n) is 10.4. The molecule has 0 radical (unpaired) electrons. The van der Waals surface area contributed by atoms with E-state index < -0.39 is 0 Å². The highest BCUT2D eigenvalue weighted by Crippen LogP contribution is 2.38. The highest BCUT2D eigenvalue weighted by Gasteiger charge is 2.32. The van der Waals surface area contributed by atoms with E-state index in [1.807, 2.05) is 0 Å². The molecule has 0 aliphatic heterocycles. The van der Waals surface area contributed by atoms with Crippen molar-refractivity contribution in [1.29, 1.82) is 0 Å². The molecule has 0 amide bonds. The van der Waals surface area contributed by atoms with Crippen molar-refractivity contribution in [3.05, 3.63) is 71.8 Å². The Hall–Kier alpha value is -2.00. The summed E-state index contributed by atoms with van der Waals surface area (Å²) in [5.41, 5.74) is 2.55. The molecule has 0 saturated heterocycles. The summed E-state index contributed by atoms with van der Waals surface area (Å²) in [7, 11) is 0. The Labute approximate surface area is 109 Å². The van der Waals surface area contributed by atoms with Gasteiger partial charge in [0.05, 0.1) is 5.41 Å². The maximum absolute atomic E-state index is 3.52. The fraction of sp³-hybridized carbons (Fsp3) is 0.222. The van der Waals surface area contributed by atoms with Crippen LogP contribution in [0.15, 0.2) is 60.7 Å². The first-order valence-electron chi connectivity index (χ1n) is 6.53. The lowest BCUT2D eigenvalue weighted by Gasteiger charge is -2.31. The second-order valence-corrected chi connectivity index (χ2v) is 4.79. The van der Waals surface area contributed by atoms with Gasteiger partial charge in [-0.15, -0.1) is 5.92 Å². The molecule has 0 spiro atoms. The highest BCUT2D eigenvalue weighted by molar-refractivity contribution is 5.48. The van der Waals surface area contributed by atoms with Gasteiger partial charge in [-0.3, -0.25) is 0 Å². The van der Waals surface area contributed by atoms with Crippen LogP contribution in [0.1, 0.15) is 30.4 Å². The quantitative estimate of drug-likeness (QED) is 0.682. The Bertz CT molecular complexity index is 530. The standard InChI is InChI=1S/C18H16/c1-4-10-16(11-5-1)18(14-8-3-9-15-18)17-12-6-2-7-13-17/h1-2,4-7,10-13H,3,8,14H2. The van der Waals surface area contributed by atoms with E-state index in [-0.39, 0.29) is 5.41 Å². The lowest BCUT2D eigenvalue weighted by molar-refractivity contribution is 0.559. The number of hydrogen-bond acceptors (Lipinski definition) is 0. The minimum Gasteiger partial charge on any atom is -0.102 e. The summed E-state index contributed by atoms with van der Waals surface area (Å²) in [6.07, 6.45) is 3.33. The van der Waals surface area contributed by atoms with Gasteiger partial charge in [-0.1, -0.05) is 66.6 Å². The SMILES string of the molecule is C1#CC(c2ccccc2)(c2ccccc2)CCC1. The molecule has 0 unspecified atom stereocenters. The van der Waals surface area contributed by atoms with Crippen LogP contribution in [0.25, 0.3) is 0 Å². The Balaban J connectivity index is 2.18. The van der Waals surface area contributed by atoms with Crippen LogP contribution in [0, 0.1) is 11.8 Å². The van der Waals surface area contributed by atoms with E-state index in [0.717, 1.165) is 12.8 Å². The third-order valence-corrected chi connectivity index (χ3v) is 3.69. The van der Waals surface area contributed by atoms with Crippen molar-refractivity contribution < 1.29 is 0 Å². The van der Waals surface area contributed by atoms with Crippen LogP contribution in [0.3, 0.4) is 0 Å². The molecule has 3 rings (SSSR count). The average molecular weight is 232 g/mol. The van der Waals surface area contributed by atoms with Crippen LogP contribution in [0.4, 0.5) is 0 Å². The fourth-order valence-corrected chi connectivity index (χ4v) is 2.76. The van der Waals surface area contributed by atoms with Crippen molar-refractivity contribution >= 4 is 0 Å². The molecular weight excluding hydrogens is 216 g/mol. The molecule has 0 atom stereocenters. The van der Waals surface area contributed by atoms with E-state index in [9.17, 15) is 0 Å². The van der Waals surface area contributed by atoms with Gasteiger partial charge in [0.2, 0.25) is 0 Å². The third-order valence-electron chi connectivity index (χ3n) is 3.69. The predicted octanol–water partition coefficient (Wildman–Crippen LogP) is 4.16. The number of rotatable bonds is 2. The lowest BCUT2D eigenvalue weighted by atomic mass is 9.70. The van der Waals surface area contributed by atoms with E-state index in [1.54, 1.807) is 0 Å². The highest BCUT2D eigenvalue weighted by atomic mass is 14.3. The lowest BCUT2D eigenvalue weighted by Crippen LogP contribution is -2.27. The average Bonchev–Trinajstić information content (AvgIpc) is 2.50. The van der Waals surface area contributed by atoms with Crippen LogP contribution in [-0.4, -0.2) is 0 Å². The van der Waals surface area contributed by atoms with Gasteiger partial charge in [0.15, 0.2) is 0 Å². The van der Waals surface area contributed by atoms with Crippen molar-refractivity contribution in [2.45, 2.75) is 24.7 Å². The second kappa shape index (κ2) is 4.70. The predicted molar refractivity (Wildman–Crippen MR) is 75.3 cm³/mol. The first-order valence-corrected chi connectivity index (χ1v) is 6.53. The van der Waals surface area contributed by atoms with Crippen molar-refractivity contribution in [1.82, 2.24) is 0 Å². The molecule has 0 nitrogen and oxygen atoms in total. The molecule has 2 aromatic rings. The van der Waals surface area contributed by atoms with Gasteiger partial charge in [-0.05, 0) is 24.0 Å². The Morgan fingerprint density at radius 1 is 0.778 bits per heavy atom. The van der Waals surface area contributed by atoms with Crippen molar-refractivity contribution in [3.8, 4) is 11.8 Å². The van der Waals surface area contributed by atoms with Gasteiger partial charge in [0, 0.05) is 6.42 Å². The zero-order chi connectivity index (χ0) is 12.3. The van der Waals surface area contributed by atoms with Gasteiger partial charge in [-0.25, -0.2) is 0 Å². The zero-order valence-corrected chi connectivity index (χ0v) is 10.4. The summed E-state index contributed by atoms with van der Waals surface area (Å²) in [5.74, 6) is 6.84. The van der Waals surface area contributed by atoms with Gasteiger partial charge in [-0.2, -0.15) is 0 Å². The van der Waals surface area contributed by atoms with Crippen LogP contribution < -0.4 is 0 Å². The summed E-state index contributed by atoms with van der Waals surface area (Å²) in [6.45, 7) is 0. The van der Waals surface area contributed by atoms with Gasteiger partial charge in [0.1, 0.15) is 0 Å². The van der Waals surface area contributed by atoms with E-state index >= 15 is 0 Å². The van der Waals surface area contributed by atoms with Gasteiger partial charge in [0.25, 0.3) is 0 Å². The molecule has 0 fully saturated rings. The van der Waals surface area contributed by atoms with Crippen LogP contribution in [0.5, 0.6) is 0 Å². The third kappa shape index (κ3) is 1.83. The number of benzene rings is 2. The van der Waals surface area contributed by atoms with Crippen LogP contribution in [-0.2, 0) is 5.41 Å². The second-order valence-electron chi connectivity index (χ2n) is 4.79. The topological polar surface area (TPSA) is 0 Å². The summed E-state index contributed by atoms with van der Waals surface area (Å²) in [5, 5.41) is 0. The molecule has 2 aromatic carbocycles. The van der Waals surface area contributed by atoms with E-state index in [0.29, 0.717) is 0 Å². The molecule has 18 heavy (non-hydrogen) atoms. The molecule has 0 heterocycles. The molecule has 0 bridgehead atoms. The minimum atomic E-state index is -0.0965. The van der Waals surface area contributed by atoms with Crippen molar-refractivity contribution in [2.24, 2.45) is 0 Å².